The van der Waals surface area contributed by atoms with E-state index in [0.29, 0.717) is 12.4 Å². The number of benzene rings is 1. The highest BCUT2D eigenvalue weighted by Crippen LogP contribution is 2.16. The fraction of sp³-hybridized carbons (Fsp3) is 0.357. The molecule has 7 heteroatoms. The van der Waals surface area contributed by atoms with E-state index >= 15 is 0 Å². The number of carbonyl (C=O) groups is 1. The number of nitrogens with one attached hydrogen (secondary N) is 1. The summed E-state index contributed by atoms with van der Waals surface area (Å²) < 4.78 is 15.4. The van der Waals surface area contributed by atoms with Crippen molar-refractivity contribution in [3.63, 3.8) is 0 Å². The van der Waals surface area contributed by atoms with Crippen molar-refractivity contribution in [3.8, 4) is 0 Å². The van der Waals surface area contributed by atoms with Crippen molar-refractivity contribution in [1.29, 1.82) is 0 Å². The van der Waals surface area contributed by atoms with Crippen LogP contribution in [0.3, 0.4) is 0 Å². The molecule has 0 radical (unpaired) electrons. The second-order valence-electron chi connectivity index (χ2n) is 4.66. The molecule has 0 aliphatic rings. The zero-order valence-corrected chi connectivity index (χ0v) is 12.6. The van der Waals surface area contributed by atoms with Gasteiger partial charge in [0.15, 0.2) is 0 Å². The van der Waals surface area contributed by atoms with Crippen LogP contribution in [0.5, 0.6) is 0 Å². The van der Waals surface area contributed by atoms with E-state index in [4.69, 9.17) is 11.6 Å². The summed E-state index contributed by atoms with van der Waals surface area (Å²) in [6.07, 6.45) is 2.35. The van der Waals surface area contributed by atoms with Crippen molar-refractivity contribution in [2.75, 3.05) is 0 Å². The Labute approximate surface area is 127 Å². The van der Waals surface area contributed by atoms with Crippen molar-refractivity contribution in [1.82, 2.24) is 20.1 Å². The molecular weight excluding hydrogens is 295 g/mol. The highest BCUT2D eigenvalue weighted by atomic mass is 35.5. The van der Waals surface area contributed by atoms with Crippen LogP contribution in [-0.4, -0.2) is 20.7 Å². The molecule has 0 spiro atoms. The quantitative estimate of drug-likeness (QED) is 0.923. The molecule has 0 aliphatic carbocycles. The summed E-state index contributed by atoms with van der Waals surface area (Å²) in [7, 11) is 0. The molecule has 0 fully saturated rings. The van der Waals surface area contributed by atoms with Crippen molar-refractivity contribution in [3.05, 3.63) is 46.8 Å². The Kier molecular flexibility index (Phi) is 4.90. The molecule has 1 unspecified atom stereocenters. The first-order valence-corrected chi connectivity index (χ1v) is 7.04. The van der Waals surface area contributed by atoms with Gasteiger partial charge in [0, 0.05) is 11.6 Å². The monoisotopic (exact) mass is 310 g/mol. The third-order valence-corrected chi connectivity index (χ3v) is 3.23. The molecule has 1 aromatic heterocycles. The highest BCUT2D eigenvalue weighted by molar-refractivity contribution is 6.30. The van der Waals surface area contributed by atoms with Gasteiger partial charge in [0.1, 0.15) is 18.0 Å². The molecule has 0 bridgehead atoms. The SMILES string of the molecule is CCCn1ncnc1C(C)NC(=O)c1ccc(Cl)cc1F. The predicted molar refractivity (Wildman–Crippen MR) is 77.6 cm³/mol. The van der Waals surface area contributed by atoms with Crippen molar-refractivity contribution < 1.29 is 9.18 Å². The number of aromatic nitrogens is 3. The maximum atomic E-state index is 13.7. The fourth-order valence-corrected chi connectivity index (χ4v) is 2.16. The fourth-order valence-electron chi connectivity index (χ4n) is 2.01. The van der Waals surface area contributed by atoms with Crippen LogP contribution in [0.15, 0.2) is 24.5 Å². The molecule has 112 valence electrons. The second-order valence-corrected chi connectivity index (χ2v) is 5.10. The first-order chi connectivity index (χ1) is 10.0. The zero-order valence-electron chi connectivity index (χ0n) is 11.8. The van der Waals surface area contributed by atoms with Crippen LogP contribution in [0.1, 0.15) is 42.5 Å². The average Bonchev–Trinajstić information content (AvgIpc) is 2.87. The third-order valence-electron chi connectivity index (χ3n) is 2.99. The lowest BCUT2D eigenvalue weighted by atomic mass is 10.2. The smallest absolute Gasteiger partial charge is 0.254 e. The minimum Gasteiger partial charge on any atom is -0.342 e. The van der Waals surface area contributed by atoms with Gasteiger partial charge in [-0.15, -0.1) is 0 Å². The van der Waals surface area contributed by atoms with Gasteiger partial charge in [0.25, 0.3) is 5.91 Å². The first kappa shape index (κ1) is 15.4. The van der Waals surface area contributed by atoms with E-state index in [1.807, 2.05) is 6.92 Å². The number of amides is 1. The van der Waals surface area contributed by atoms with Crippen LogP contribution in [-0.2, 0) is 6.54 Å². The molecule has 0 saturated heterocycles. The van der Waals surface area contributed by atoms with Gasteiger partial charge in [-0.2, -0.15) is 5.10 Å². The highest BCUT2D eigenvalue weighted by Gasteiger charge is 2.18. The lowest BCUT2D eigenvalue weighted by Crippen LogP contribution is -2.29. The molecule has 1 N–H and O–H groups in total. The van der Waals surface area contributed by atoms with Gasteiger partial charge in [0.05, 0.1) is 11.6 Å². The molecule has 21 heavy (non-hydrogen) atoms. The molecule has 1 atom stereocenters. The van der Waals surface area contributed by atoms with E-state index < -0.39 is 11.7 Å². The van der Waals surface area contributed by atoms with Crippen LogP contribution in [0.25, 0.3) is 0 Å². The van der Waals surface area contributed by atoms with E-state index in [-0.39, 0.29) is 16.6 Å². The van der Waals surface area contributed by atoms with Crippen molar-refractivity contribution in [2.24, 2.45) is 0 Å². The summed E-state index contributed by atoms with van der Waals surface area (Å²) in [5.74, 6) is -0.524. The van der Waals surface area contributed by atoms with Gasteiger partial charge in [-0.25, -0.2) is 14.1 Å². The standard InChI is InChI=1S/C14H16ClFN4O/c1-3-6-20-13(17-8-18-20)9(2)19-14(21)11-5-4-10(15)7-12(11)16/h4-5,7-9H,3,6H2,1-2H3,(H,19,21). The van der Waals surface area contributed by atoms with Crippen LogP contribution >= 0.6 is 11.6 Å². The average molecular weight is 311 g/mol. The molecule has 0 saturated carbocycles. The van der Waals surface area contributed by atoms with Gasteiger partial charge in [0.2, 0.25) is 0 Å². The van der Waals surface area contributed by atoms with Gasteiger partial charge in [-0.05, 0) is 31.5 Å². The van der Waals surface area contributed by atoms with E-state index in [0.717, 1.165) is 12.5 Å². The van der Waals surface area contributed by atoms with E-state index in [1.54, 1.807) is 11.6 Å². The lowest BCUT2D eigenvalue weighted by molar-refractivity contribution is 0.0933. The number of halogens is 2. The molecule has 2 rings (SSSR count). The van der Waals surface area contributed by atoms with Gasteiger partial charge in [-0.3, -0.25) is 4.79 Å². The summed E-state index contributed by atoms with van der Waals surface area (Å²) >= 11 is 5.67. The second kappa shape index (κ2) is 6.67. The number of rotatable bonds is 5. The Morgan fingerprint density at radius 2 is 2.29 bits per heavy atom. The maximum Gasteiger partial charge on any atom is 0.254 e. The summed E-state index contributed by atoms with van der Waals surface area (Å²) in [4.78, 5) is 16.2. The molecule has 2 aromatic rings. The lowest BCUT2D eigenvalue weighted by Gasteiger charge is -2.14. The summed E-state index contributed by atoms with van der Waals surface area (Å²) in [5, 5.41) is 7.06. The number of nitrogens with zero attached hydrogens (tertiary/aromatic N) is 3. The van der Waals surface area contributed by atoms with Crippen LogP contribution in [0, 0.1) is 5.82 Å². The minimum absolute atomic E-state index is 0.0483. The van der Waals surface area contributed by atoms with E-state index in [1.165, 1.54) is 18.5 Å². The van der Waals surface area contributed by atoms with E-state index in [2.05, 4.69) is 15.4 Å². The molecular formula is C14H16ClFN4O. The molecule has 1 heterocycles. The Balaban J connectivity index is 2.13. The van der Waals surface area contributed by atoms with Crippen molar-refractivity contribution in [2.45, 2.75) is 32.9 Å². The normalized spacial score (nSPS) is 12.2. The Morgan fingerprint density at radius 3 is 2.95 bits per heavy atom. The molecule has 5 nitrogen and oxygen atoms in total. The summed E-state index contributed by atoms with van der Waals surface area (Å²) in [6, 6.07) is 3.57. The topological polar surface area (TPSA) is 59.8 Å². The van der Waals surface area contributed by atoms with Crippen LogP contribution < -0.4 is 5.32 Å². The first-order valence-electron chi connectivity index (χ1n) is 6.66. The van der Waals surface area contributed by atoms with E-state index in [9.17, 15) is 9.18 Å². The minimum atomic E-state index is -0.651. The number of hydrogen-bond acceptors (Lipinski definition) is 3. The van der Waals surface area contributed by atoms with Crippen molar-refractivity contribution >= 4 is 17.5 Å². The van der Waals surface area contributed by atoms with Gasteiger partial charge < -0.3 is 5.32 Å². The summed E-state index contributed by atoms with van der Waals surface area (Å²) in [5.41, 5.74) is -0.0483. The molecule has 1 amide bonds. The zero-order chi connectivity index (χ0) is 15.4. The largest absolute Gasteiger partial charge is 0.342 e. The van der Waals surface area contributed by atoms with Gasteiger partial charge >= 0.3 is 0 Å². The number of aryl methyl sites for hydroxylation is 1. The molecule has 1 aromatic carbocycles. The predicted octanol–water partition coefficient (Wildman–Crippen LogP) is 2.97. The Hall–Kier alpha value is -1.95. The maximum absolute atomic E-state index is 13.7. The van der Waals surface area contributed by atoms with Gasteiger partial charge in [-0.1, -0.05) is 18.5 Å². The Bertz CT molecular complexity index is 644. The number of carbonyl (C=O) groups excluding carboxylic acids is 1. The molecule has 0 aliphatic heterocycles. The van der Waals surface area contributed by atoms with Crippen LogP contribution in [0.2, 0.25) is 5.02 Å². The van der Waals surface area contributed by atoms with Crippen LogP contribution in [0.4, 0.5) is 4.39 Å². The summed E-state index contributed by atoms with van der Waals surface area (Å²) in [6.45, 7) is 4.52. The Morgan fingerprint density at radius 1 is 1.52 bits per heavy atom. The number of hydrogen-bond donors (Lipinski definition) is 1. The third kappa shape index (κ3) is 3.58.